The van der Waals surface area contributed by atoms with Crippen LogP contribution in [0.25, 0.3) is 0 Å². The largest absolute Gasteiger partial charge is 0.506 e. The van der Waals surface area contributed by atoms with Gasteiger partial charge in [-0.2, -0.15) is 0 Å². The summed E-state index contributed by atoms with van der Waals surface area (Å²) in [6.07, 6.45) is 2.55. The van der Waals surface area contributed by atoms with Gasteiger partial charge in [-0.05, 0) is 49.8 Å². The van der Waals surface area contributed by atoms with Crippen molar-refractivity contribution in [3.05, 3.63) is 23.8 Å². The summed E-state index contributed by atoms with van der Waals surface area (Å²) in [5.41, 5.74) is 1.25. The van der Waals surface area contributed by atoms with Crippen LogP contribution in [-0.4, -0.2) is 16.9 Å². The lowest BCUT2D eigenvalue weighted by molar-refractivity contribution is -0.122. The molecule has 1 aliphatic heterocycles. The lowest BCUT2D eigenvalue weighted by Gasteiger charge is -2.25. The highest BCUT2D eigenvalue weighted by molar-refractivity contribution is 6.22. The predicted molar refractivity (Wildman–Crippen MR) is 75.3 cm³/mol. The Morgan fingerprint density at radius 1 is 1.15 bits per heavy atom. The van der Waals surface area contributed by atoms with Gasteiger partial charge in [0.05, 0.1) is 17.5 Å². The van der Waals surface area contributed by atoms with Crippen molar-refractivity contribution < 1.29 is 14.7 Å². The molecule has 20 heavy (non-hydrogen) atoms. The highest BCUT2D eigenvalue weighted by Crippen LogP contribution is 2.43. The van der Waals surface area contributed by atoms with E-state index < -0.39 is 0 Å². The molecule has 4 nitrogen and oxygen atoms in total. The summed E-state index contributed by atoms with van der Waals surface area (Å²) in [7, 11) is 0. The van der Waals surface area contributed by atoms with Gasteiger partial charge in [-0.25, -0.2) is 4.90 Å². The molecule has 0 radical (unpaired) electrons. The lowest BCUT2D eigenvalue weighted by atomic mass is 9.76. The summed E-state index contributed by atoms with van der Waals surface area (Å²) in [4.78, 5) is 26.3. The van der Waals surface area contributed by atoms with Gasteiger partial charge in [0, 0.05) is 0 Å². The first-order valence-corrected chi connectivity index (χ1v) is 7.16. The lowest BCUT2D eigenvalue weighted by Crippen LogP contribution is -2.31. The zero-order valence-corrected chi connectivity index (χ0v) is 11.8. The van der Waals surface area contributed by atoms with E-state index in [0.29, 0.717) is 11.6 Å². The molecule has 106 valence electrons. The van der Waals surface area contributed by atoms with Crippen molar-refractivity contribution >= 4 is 17.5 Å². The molecule has 3 atom stereocenters. The molecule has 1 aromatic rings. The van der Waals surface area contributed by atoms with Gasteiger partial charge in [0.2, 0.25) is 11.8 Å². The highest BCUT2D eigenvalue weighted by atomic mass is 16.3. The number of amides is 2. The van der Waals surface area contributed by atoms with Crippen LogP contribution in [0.5, 0.6) is 5.75 Å². The molecule has 4 heteroatoms. The standard InChI is InChI=1S/C16H19NO3/c1-9-3-5-11-12(7-9)16(20)17(15(11)19)13-8-10(2)4-6-14(13)18/h4,6,8-9,11-12,18H,3,5,7H2,1-2H3/t9-,11-,12-/m1/s1. The van der Waals surface area contributed by atoms with E-state index in [0.717, 1.165) is 24.8 Å². The summed E-state index contributed by atoms with van der Waals surface area (Å²) >= 11 is 0. The molecule has 3 rings (SSSR count). The second-order valence-electron chi connectivity index (χ2n) is 6.14. The summed E-state index contributed by atoms with van der Waals surface area (Å²) in [5, 5.41) is 9.97. The van der Waals surface area contributed by atoms with E-state index in [1.807, 2.05) is 6.92 Å². The summed E-state index contributed by atoms with van der Waals surface area (Å²) in [5.74, 6) is -0.215. The number of rotatable bonds is 1. The number of hydrogen-bond acceptors (Lipinski definition) is 3. The Morgan fingerprint density at radius 2 is 1.85 bits per heavy atom. The third-order valence-electron chi connectivity index (χ3n) is 4.56. The molecule has 1 aromatic carbocycles. The van der Waals surface area contributed by atoms with Gasteiger partial charge in [0.15, 0.2) is 0 Å². The van der Waals surface area contributed by atoms with Gasteiger partial charge >= 0.3 is 0 Å². The molecule has 2 amide bonds. The number of aryl methyl sites for hydroxylation is 1. The number of phenolic OH excluding ortho intramolecular Hbond substituents is 1. The fourth-order valence-electron chi connectivity index (χ4n) is 3.44. The maximum absolute atomic E-state index is 12.6. The van der Waals surface area contributed by atoms with Crippen molar-refractivity contribution in [3.8, 4) is 5.75 Å². The second kappa shape index (κ2) is 4.62. The Hall–Kier alpha value is -1.84. The Bertz CT molecular complexity index is 581. The van der Waals surface area contributed by atoms with Gasteiger partial charge in [0.25, 0.3) is 0 Å². The first kappa shape index (κ1) is 13.2. The molecule has 0 unspecified atom stereocenters. The smallest absolute Gasteiger partial charge is 0.237 e. The molecule has 1 saturated heterocycles. The maximum Gasteiger partial charge on any atom is 0.237 e. The number of nitrogens with zero attached hydrogens (tertiary/aromatic N) is 1. The average molecular weight is 273 g/mol. The van der Waals surface area contributed by atoms with Gasteiger partial charge in [-0.15, -0.1) is 0 Å². The number of phenols is 1. The molecule has 1 N–H and O–H groups in total. The highest BCUT2D eigenvalue weighted by Gasteiger charge is 2.50. The molecule has 1 heterocycles. The van der Waals surface area contributed by atoms with Crippen LogP contribution < -0.4 is 4.90 Å². The van der Waals surface area contributed by atoms with Crippen LogP contribution in [0.15, 0.2) is 18.2 Å². The van der Waals surface area contributed by atoms with E-state index >= 15 is 0 Å². The maximum atomic E-state index is 12.6. The number of hydrogen-bond donors (Lipinski definition) is 1. The first-order valence-electron chi connectivity index (χ1n) is 7.16. The number of carbonyl (C=O) groups is 2. The van der Waals surface area contributed by atoms with E-state index in [1.165, 1.54) is 11.0 Å². The molecule has 2 aliphatic rings. The molecule has 0 bridgehead atoms. The zero-order valence-electron chi connectivity index (χ0n) is 11.8. The average Bonchev–Trinajstić information content (AvgIpc) is 2.65. The van der Waals surface area contributed by atoms with Crippen LogP contribution in [0.1, 0.15) is 31.7 Å². The van der Waals surface area contributed by atoms with E-state index in [9.17, 15) is 14.7 Å². The molecule has 0 aromatic heterocycles. The topological polar surface area (TPSA) is 57.6 Å². The summed E-state index contributed by atoms with van der Waals surface area (Å²) in [6.45, 7) is 4.00. The van der Waals surface area contributed by atoms with Crippen LogP contribution in [0.4, 0.5) is 5.69 Å². The van der Waals surface area contributed by atoms with E-state index in [2.05, 4.69) is 6.92 Å². The third kappa shape index (κ3) is 1.90. The van der Waals surface area contributed by atoms with Gasteiger partial charge in [0.1, 0.15) is 5.75 Å². The molecular weight excluding hydrogens is 254 g/mol. The van der Waals surface area contributed by atoms with E-state index in [1.54, 1.807) is 12.1 Å². The first-order chi connectivity index (χ1) is 9.49. The van der Waals surface area contributed by atoms with Gasteiger partial charge < -0.3 is 5.11 Å². The van der Waals surface area contributed by atoms with Crippen molar-refractivity contribution in [1.82, 2.24) is 0 Å². The molecule has 1 aliphatic carbocycles. The number of benzene rings is 1. The number of fused-ring (bicyclic) bond motifs is 1. The number of anilines is 1. The van der Waals surface area contributed by atoms with E-state index in [-0.39, 0.29) is 29.4 Å². The van der Waals surface area contributed by atoms with E-state index in [4.69, 9.17) is 0 Å². The van der Waals surface area contributed by atoms with Crippen molar-refractivity contribution in [3.63, 3.8) is 0 Å². The summed E-state index contributed by atoms with van der Waals surface area (Å²) < 4.78 is 0. The fourth-order valence-corrected chi connectivity index (χ4v) is 3.44. The fraction of sp³-hybridized carbons (Fsp3) is 0.500. The minimum atomic E-state index is -0.203. The second-order valence-corrected chi connectivity index (χ2v) is 6.14. The minimum Gasteiger partial charge on any atom is -0.506 e. The Kier molecular flexibility index (Phi) is 3.04. The van der Waals surface area contributed by atoms with Crippen LogP contribution in [0, 0.1) is 24.7 Å². The number of imide groups is 1. The molecule has 0 spiro atoms. The van der Waals surface area contributed by atoms with Crippen LogP contribution in [0.2, 0.25) is 0 Å². The van der Waals surface area contributed by atoms with Crippen molar-refractivity contribution in [2.75, 3.05) is 4.90 Å². The Labute approximate surface area is 118 Å². The molecule has 2 fully saturated rings. The Morgan fingerprint density at radius 3 is 2.60 bits per heavy atom. The van der Waals surface area contributed by atoms with Gasteiger partial charge in [-0.3, -0.25) is 9.59 Å². The zero-order chi connectivity index (χ0) is 14.4. The summed E-state index contributed by atoms with van der Waals surface area (Å²) in [6, 6.07) is 5.00. The quantitative estimate of drug-likeness (QED) is 0.800. The SMILES string of the molecule is Cc1ccc(O)c(N2C(=O)[C@@H]3CC[C@@H](C)C[C@H]3C2=O)c1. The normalized spacial score (nSPS) is 29.7. The minimum absolute atomic E-state index is 0.0102. The number of aromatic hydroxyl groups is 1. The Balaban J connectivity index is 2.00. The van der Waals surface area contributed by atoms with Gasteiger partial charge in [-0.1, -0.05) is 13.0 Å². The van der Waals surface area contributed by atoms with Crippen molar-refractivity contribution in [2.24, 2.45) is 17.8 Å². The van der Waals surface area contributed by atoms with Crippen molar-refractivity contribution in [1.29, 1.82) is 0 Å². The monoisotopic (exact) mass is 273 g/mol. The predicted octanol–water partition coefficient (Wildman–Crippen LogP) is 2.63. The third-order valence-corrected chi connectivity index (χ3v) is 4.56. The molecular formula is C16H19NO3. The molecule has 1 saturated carbocycles. The van der Waals surface area contributed by atoms with Crippen LogP contribution in [0.3, 0.4) is 0 Å². The number of carbonyl (C=O) groups excluding carboxylic acids is 2. The van der Waals surface area contributed by atoms with Crippen LogP contribution in [-0.2, 0) is 9.59 Å². The van der Waals surface area contributed by atoms with Crippen LogP contribution >= 0.6 is 0 Å². The van der Waals surface area contributed by atoms with Crippen molar-refractivity contribution in [2.45, 2.75) is 33.1 Å².